The molecule has 2 aromatic rings. The van der Waals surface area contributed by atoms with Crippen molar-refractivity contribution in [1.29, 1.82) is 0 Å². The third-order valence-corrected chi connectivity index (χ3v) is 5.80. The second-order valence-corrected chi connectivity index (χ2v) is 7.75. The van der Waals surface area contributed by atoms with Gasteiger partial charge in [0.2, 0.25) is 5.91 Å². The normalized spacial score (nSPS) is 21.8. The average molecular weight is 344 g/mol. The Morgan fingerprint density at radius 3 is 3.00 bits per heavy atom. The molecule has 2 aliphatic rings. The standard InChI is InChI=1S/C18H24N4OS/c23-18(22(16-3-4-16)10-14-6-9-24-13-14)12-21-8-1-2-15(11-21)17-5-7-19-20-17/h5-7,9,13,15-16H,1-4,8,10-12H2,(H,19,20)/t15-/m0/s1. The summed E-state index contributed by atoms with van der Waals surface area (Å²) >= 11 is 1.70. The van der Waals surface area contributed by atoms with E-state index in [2.05, 4.69) is 42.9 Å². The van der Waals surface area contributed by atoms with Crippen LogP contribution in [0.25, 0.3) is 0 Å². The number of hydrogen-bond acceptors (Lipinski definition) is 4. The Kier molecular flexibility index (Phi) is 4.67. The van der Waals surface area contributed by atoms with Gasteiger partial charge in [-0.3, -0.25) is 14.8 Å². The number of carbonyl (C=O) groups excluding carboxylic acids is 1. The van der Waals surface area contributed by atoms with Crippen LogP contribution in [0, 0.1) is 0 Å². The number of amides is 1. The number of aromatic nitrogens is 2. The quantitative estimate of drug-likeness (QED) is 0.877. The van der Waals surface area contributed by atoms with E-state index in [-0.39, 0.29) is 5.91 Å². The number of hydrogen-bond donors (Lipinski definition) is 1. The largest absolute Gasteiger partial charge is 0.334 e. The van der Waals surface area contributed by atoms with Gasteiger partial charge in [0.05, 0.1) is 6.54 Å². The van der Waals surface area contributed by atoms with Gasteiger partial charge in [-0.15, -0.1) is 0 Å². The van der Waals surface area contributed by atoms with Gasteiger partial charge >= 0.3 is 0 Å². The zero-order valence-corrected chi connectivity index (χ0v) is 14.7. The summed E-state index contributed by atoms with van der Waals surface area (Å²) in [7, 11) is 0. The maximum Gasteiger partial charge on any atom is 0.237 e. The highest BCUT2D eigenvalue weighted by atomic mass is 32.1. The van der Waals surface area contributed by atoms with Crippen molar-refractivity contribution < 1.29 is 4.79 Å². The van der Waals surface area contributed by atoms with Crippen molar-refractivity contribution in [2.24, 2.45) is 0 Å². The summed E-state index contributed by atoms with van der Waals surface area (Å²) in [5.74, 6) is 0.759. The van der Waals surface area contributed by atoms with E-state index in [4.69, 9.17) is 0 Å². The van der Waals surface area contributed by atoms with Crippen LogP contribution in [-0.4, -0.2) is 51.6 Å². The fourth-order valence-electron chi connectivity index (χ4n) is 3.62. The Morgan fingerprint density at radius 1 is 1.38 bits per heavy atom. The van der Waals surface area contributed by atoms with E-state index in [1.54, 1.807) is 11.3 Å². The topological polar surface area (TPSA) is 52.2 Å². The van der Waals surface area contributed by atoms with Gasteiger partial charge in [0.25, 0.3) is 0 Å². The monoisotopic (exact) mass is 344 g/mol. The van der Waals surface area contributed by atoms with Crippen LogP contribution in [0.1, 0.15) is 42.9 Å². The molecule has 0 aromatic carbocycles. The van der Waals surface area contributed by atoms with Crippen LogP contribution >= 0.6 is 11.3 Å². The minimum absolute atomic E-state index is 0.286. The molecule has 0 radical (unpaired) electrons. The number of rotatable bonds is 6. The van der Waals surface area contributed by atoms with E-state index in [0.29, 0.717) is 18.5 Å². The SMILES string of the molecule is O=C(CN1CCC[C@H](c2ccn[nH]2)C1)N(Cc1ccsc1)C1CC1. The summed E-state index contributed by atoms with van der Waals surface area (Å²) in [4.78, 5) is 17.3. The third kappa shape index (κ3) is 3.70. The maximum atomic E-state index is 12.9. The second kappa shape index (κ2) is 7.07. The summed E-state index contributed by atoms with van der Waals surface area (Å²) < 4.78 is 0. The molecule has 1 saturated heterocycles. The third-order valence-electron chi connectivity index (χ3n) is 5.07. The molecule has 4 rings (SSSR count). The molecular formula is C18H24N4OS. The maximum absolute atomic E-state index is 12.9. The van der Waals surface area contributed by atoms with Crippen LogP contribution in [0.5, 0.6) is 0 Å². The van der Waals surface area contributed by atoms with Crippen molar-refractivity contribution in [3.63, 3.8) is 0 Å². The number of thiophene rings is 1. The first-order valence-corrected chi connectivity index (χ1v) is 9.76. The second-order valence-electron chi connectivity index (χ2n) is 6.97. The van der Waals surface area contributed by atoms with Crippen molar-refractivity contribution in [2.45, 2.75) is 44.2 Å². The van der Waals surface area contributed by atoms with E-state index in [1.165, 1.54) is 17.7 Å². The highest BCUT2D eigenvalue weighted by Gasteiger charge is 2.34. The van der Waals surface area contributed by atoms with E-state index >= 15 is 0 Å². The minimum Gasteiger partial charge on any atom is -0.334 e. The van der Waals surface area contributed by atoms with Crippen LogP contribution in [0.15, 0.2) is 29.1 Å². The number of H-pyrrole nitrogens is 1. The van der Waals surface area contributed by atoms with Crippen LogP contribution in [0.4, 0.5) is 0 Å². The van der Waals surface area contributed by atoms with Gasteiger partial charge in [0, 0.05) is 36.9 Å². The van der Waals surface area contributed by atoms with Crippen molar-refractivity contribution in [2.75, 3.05) is 19.6 Å². The molecule has 2 fully saturated rings. The first-order valence-electron chi connectivity index (χ1n) is 8.82. The lowest BCUT2D eigenvalue weighted by atomic mass is 9.95. The van der Waals surface area contributed by atoms with Crippen LogP contribution in [0.3, 0.4) is 0 Å². The van der Waals surface area contributed by atoms with Gasteiger partial charge in [-0.25, -0.2) is 0 Å². The Balaban J connectivity index is 1.37. The molecule has 3 heterocycles. The zero-order valence-electron chi connectivity index (χ0n) is 13.9. The molecule has 1 atom stereocenters. The first kappa shape index (κ1) is 15.8. The number of nitrogens with zero attached hydrogens (tertiary/aromatic N) is 3. The molecule has 1 aliphatic heterocycles. The number of nitrogens with one attached hydrogen (secondary N) is 1. The summed E-state index contributed by atoms with van der Waals surface area (Å²) in [6.07, 6.45) is 6.45. The van der Waals surface area contributed by atoms with Gasteiger partial charge in [-0.05, 0) is 60.7 Å². The van der Waals surface area contributed by atoms with Crippen molar-refractivity contribution in [1.82, 2.24) is 20.0 Å². The van der Waals surface area contributed by atoms with Crippen LogP contribution in [0.2, 0.25) is 0 Å². The summed E-state index contributed by atoms with van der Waals surface area (Å²) in [5.41, 5.74) is 2.46. The molecule has 0 unspecified atom stereocenters. The van der Waals surface area contributed by atoms with Gasteiger partial charge in [0.1, 0.15) is 0 Å². The fourth-order valence-corrected chi connectivity index (χ4v) is 4.28. The Hall–Kier alpha value is -1.66. The molecule has 6 heteroatoms. The predicted octanol–water partition coefficient (Wildman–Crippen LogP) is 2.84. The molecule has 24 heavy (non-hydrogen) atoms. The number of carbonyl (C=O) groups is 1. The summed E-state index contributed by atoms with van der Waals surface area (Å²) in [6, 6.07) is 4.65. The van der Waals surface area contributed by atoms with Crippen LogP contribution in [-0.2, 0) is 11.3 Å². The Labute approximate surface area is 146 Å². The van der Waals surface area contributed by atoms with Gasteiger partial charge in [0.15, 0.2) is 0 Å². The molecule has 5 nitrogen and oxygen atoms in total. The Bertz CT molecular complexity index is 651. The van der Waals surface area contributed by atoms with Crippen molar-refractivity contribution >= 4 is 17.2 Å². The average Bonchev–Trinajstić information content (AvgIpc) is 3.08. The molecule has 1 amide bonds. The van der Waals surface area contributed by atoms with Gasteiger partial charge in [-0.1, -0.05) is 0 Å². The molecular weight excluding hydrogens is 320 g/mol. The summed E-state index contributed by atoms with van der Waals surface area (Å²) in [6.45, 7) is 3.29. The zero-order chi connectivity index (χ0) is 16.4. The highest BCUT2D eigenvalue weighted by Crippen LogP contribution is 2.30. The smallest absolute Gasteiger partial charge is 0.237 e. The lowest BCUT2D eigenvalue weighted by molar-refractivity contribution is -0.134. The number of piperidine rings is 1. The molecule has 128 valence electrons. The molecule has 1 N–H and O–H groups in total. The fraction of sp³-hybridized carbons (Fsp3) is 0.556. The van der Waals surface area contributed by atoms with Crippen molar-refractivity contribution in [3.05, 3.63) is 40.3 Å². The van der Waals surface area contributed by atoms with Crippen LogP contribution < -0.4 is 0 Å². The van der Waals surface area contributed by atoms with E-state index < -0.39 is 0 Å². The number of aromatic amines is 1. The minimum atomic E-state index is 0.286. The van der Waals surface area contributed by atoms with E-state index in [1.807, 2.05) is 6.20 Å². The van der Waals surface area contributed by atoms with E-state index in [9.17, 15) is 4.79 Å². The first-order chi connectivity index (χ1) is 11.8. The molecule has 0 bridgehead atoms. The van der Waals surface area contributed by atoms with Gasteiger partial charge < -0.3 is 4.90 Å². The summed E-state index contributed by atoms with van der Waals surface area (Å²) in [5, 5.41) is 11.4. The molecule has 0 spiro atoms. The Morgan fingerprint density at radius 2 is 2.29 bits per heavy atom. The predicted molar refractivity (Wildman–Crippen MR) is 94.9 cm³/mol. The highest BCUT2D eigenvalue weighted by molar-refractivity contribution is 7.07. The molecule has 1 aliphatic carbocycles. The number of likely N-dealkylation sites (tertiary alicyclic amines) is 1. The lowest BCUT2D eigenvalue weighted by Gasteiger charge is -2.33. The molecule has 1 saturated carbocycles. The van der Waals surface area contributed by atoms with E-state index in [0.717, 1.165) is 38.9 Å². The van der Waals surface area contributed by atoms with Crippen molar-refractivity contribution in [3.8, 4) is 0 Å². The lowest BCUT2D eigenvalue weighted by Crippen LogP contribution is -2.44. The molecule has 2 aromatic heterocycles. The van der Waals surface area contributed by atoms with Gasteiger partial charge in [-0.2, -0.15) is 16.4 Å².